The minimum Gasteiger partial charge on any atom is -0.478 e. The SMILES string of the molecule is CCOC1CC(COC)OCC1OC.O=C(O)c1ccccc1. The van der Waals surface area contributed by atoms with E-state index < -0.39 is 5.97 Å². The van der Waals surface area contributed by atoms with E-state index in [1.54, 1.807) is 44.6 Å². The van der Waals surface area contributed by atoms with Crippen LogP contribution in [0.2, 0.25) is 0 Å². The average Bonchev–Trinajstić information content (AvgIpc) is 2.57. The summed E-state index contributed by atoms with van der Waals surface area (Å²) in [6.45, 7) is 3.92. The first-order chi connectivity index (χ1) is 11.1. The third-order valence-corrected chi connectivity index (χ3v) is 3.46. The molecule has 130 valence electrons. The third-order valence-electron chi connectivity index (χ3n) is 3.46. The summed E-state index contributed by atoms with van der Waals surface area (Å²) in [5.74, 6) is -0.879. The molecular formula is C17H26O6. The molecule has 0 radical (unpaired) electrons. The number of rotatable bonds is 6. The fraction of sp³-hybridized carbons (Fsp3) is 0.588. The van der Waals surface area contributed by atoms with Gasteiger partial charge < -0.3 is 24.1 Å². The van der Waals surface area contributed by atoms with Crippen LogP contribution in [0.3, 0.4) is 0 Å². The van der Waals surface area contributed by atoms with Crippen molar-refractivity contribution in [1.29, 1.82) is 0 Å². The molecule has 0 spiro atoms. The highest BCUT2D eigenvalue weighted by Crippen LogP contribution is 2.19. The smallest absolute Gasteiger partial charge is 0.335 e. The summed E-state index contributed by atoms with van der Waals surface area (Å²) in [6, 6.07) is 8.30. The van der Waals surface area contributed by atoms with Gasteiger partial charge in [0.25, 0.3) is 0 Å². The second-order valence-corrected chi connectivity index (χ2v) is 5.09. The van der Waals surface area contributed by atoms with E-state index in [-0.39, 0.29) is 18.3 Å². The molecule has 1 saturated heterocycles. The fourth-order valence-corrected chi connectivity index (χ4v) is 2.31. The van der Waals surface area contributed by atoms with Gasteiger partial charge in [0.1, 0.15) is 6.10 Å². The maximum absolute atomic E-state index is 10.2. The first-order valence-corrected chi connectivity index (χ1v) is 7.65. The van der Waals surface area contributed by atoms with Crippen LogP contribution in [0.15, 0.2) is 30.3 Å². The lowest BCUT2D eigenvalue weighted by Gasteiger charge is -2.34. The highest BCUT2D eigenvalue weighted by molar-refractivity contribution is 5.87. The first-order valence-electron chi connectivity index (χ1n) is 7.65. The first kappa shape index (κ1) is 19.6. The molecule has 6 heteroatoms. The van der Waals surface area contributed by atoms with Crippen molar-refractivity contribution in [3.63, 3.8) is 0 Å². The zero-order chi connectivity index (χ0) is 17.1. The lowest BCUT2D eigenvalue weighted by Crippen LogP contribution is -2.45. The normalized spacial score (nSPS) is 23.7. The van der Waals surface area contributed by atoms with Crippen molar-refractivity contribution >= 4 is 5.97 Å². The van der Waals surface area contributed by atoms with Crippen LogP contribution < -0.4 is 0 Å². The van der Waals surface area contributed by atoms with Crippen molar-refractivity contribution in [2.45, 2.75) is 31.7 Å². The molecule has 3 unspecified atom stereocenters. The Kier molecular flexibility index (Phi) is 9.47. The van der Waals surface area contributed by atoms with E-state index >= 15 is 0 Å². The highest BCUT2D eigenvalue weighted by Gasteiger charge is 2.31. The Hall–Kier alpha value is -1.47. The van der Waals surface area contributed by atoms with Gasteiger partial charge in [-0.15, -0.1) is 0 Å². The molecule has 0 amide bonds. The Labute approximate surface area is 137 Å². The van der Waals surface area contributed by atoms with Crippen LogP contribution in [0, 0.1) is 0 Å². The Bertz CT molecular complexity index is 436. The fourth-order valence-electron chi connectivity index (χ4n) is 2.31. The molecule has 6 nitrogen and oxygen atoms in total. The predicted molar refractivity (Wildman–Crippen MR) is 85.8 cm³/mol. The maximum atomic E-state index is 10.2. The van der Waals surface area contributed by atoms with Crippen molar-refractivity contribution in [3.05, 3.63) is 35.9 Å². The molecule has 0 aromatic heterocycles. The number of benzene rings is 1. The molecule has 3 atom stereocenters. The van der Waals surface area contributed by atoms with Crippen molar-refractivity contribution in [1.82, 2.24) is 0 Å². The summed E-state index contributed by atoms with van der Waals surface area (Å²) < 4.78 is 21.5. The molecule has 0 bridgehead atoms. The maximum Gasteiger partial charge on any atom is 0.335 e. The van der Waals surface area contributed by atoms with Gasteiger partial charge in [-0.25, -0.2) is 4.79 Å². The summed E-state index contributed by atoms with van der Waals surface area (Å²) in [5, 5.41) is 8.38. The Morgan fingerprint density at radius 3 is 2.43 bits per heavy atom. The van der Waals surface area contributed by atoms with Crippen LogP contribution in [0.1, 0.15) is 23.7 Å². The lowest BCUT2D eigenvalue weighted by molar-refractivity contribution is -0.161. The van der Waals surface area contributed by atoms with Crippen LogP contribution >= 0.6 is 0 Å². The molecule has 1 aliphatic heterocycles. The standard InChI is InChI=1S/C10H20O4.C7H6O2/c1-4-13-9-5-8(6-11-2)14-7-10(9)12-3;8-7(9)6-4-2-1-3-5-6/h8-10H,4-7H2,1-3H3;1-5H,(H,8,9). The van der Waals surface area contributed by atoms with Gasteiger partial charge in [0, 0.05) is 27.2 Å². The molecule has 1 aromatic rings. The summed E-state index contributed by atoms with van der Waals surface area (Å²) in [7, 11) is 3.37. The number of aromatic carboxylic acids is 1. The van der Waals surface area contributed by atoms with E-state index in [1.165, 1.54) is 0 Å². The molecule has 2 rings (SSSR count). The summed E-state index contributed by atoms with van der Waals surface area (Å²) in [6.07, 6.45) is 1.19. The molecule has 23 heavy (non-hydrogen) atoms. The molecule has 1 N–H and O–H groups in total. The second-order valence-electron chi connectivity index (χ2n) is 5.09. The minimum absolute atomic E-state index is 0.0584. The van der Waals surface area contributed by atoms with Gasteiger partial charge in [0.15, 0.2) is 0 Å². The van der Waals surface area contributed by atoms with Crippen LogP contribution in [-0.2, 0) is 18.9 Å². The lowest BCUT2D eigenvalue weighted by atomic mass is 10.0. The topological polar surface area (TPSA) is 74.2 Å². The number of methoxy groups -OCH3 is 2. The van der Waals surface area contributed by atoms with Gasteiger partial charge in [-0.05, 0) is 19.1 Å². The van der Waals surface area contributed by atoms with E-state index in [0.717, 1.165) is 6.42 Å². The Morgan fingerprint density at radius 1 is 1.26 bits per heavy atom. The molecule has 1 aliphatic rings. The largest absolute Gasteiger partial charge is 0.478 e. The molecule has 1 heterocycles. The number of hydrogen-bond donors (Lipinski definition) is 1. The van der Waals surface area contributed by atoms with E-state index in [1.807, 2.05) is 6.92 Å². The second kappa shape index (κ2) is 11.1. The van der Waals surface area contributed by atoms with E-state index in [2.05, 4.69) is 0 Å². The Balaban J connectivity index is 0.000000253. The molecule has 0 aliphatic carbocycles. The number of carboxylic acid groups (broad SMARTS) is 1. The van der Waals surface area contributed by atoms with Gasteiger partial charge in [-0.2, -0.15) is 0 Å². The van der Waals surface area contributed by atoms with Crippen LogP contribution in [-0.4, -0.2) is 63.4 Å². The van der Waals surface area contributed by atoms with E-state index in [9.17, 15) is 4.79 Å². The highest BCUT2D eigenvalue weighted by atomic mass is 16.6. The number of carboxylic acids is 1. The van der Waals surface area contributed by atoms with E-state index in [0.29, 0.717) is 25.4 Å². The summed E-state index contributed by atoms with van der Waals surface area (Å²) >= 11 is 0. The Morgan fingerprint density at radius 2 is 1.96 bits per heavy atom. The van der Waals surface area contributed by atoms with Gasteiger partial charge >= 0.3 is 5.97 Å². The van der Waals surface area contributed by atoms with Crippen molar-refractivity contribution in [2.24, 2.45) is 0 Å². The molecule has 1 fully saturated rings. The van der Waals surface area contributed by atoms with Gasteiger partial charge in [0.2, 0.25) is 0 Å². The number of carbonyl (C=O) groups is 1. The van der Waals surface area contributed by atoms with Crippen LogP contribution in [0.5, 0.6) is 0 Å². The summed E-state index contributed by atoms with van der Waals surface area (Å²) in [5.41, 5.74) is 0.331. The van der Waals surface area contributed by atoms with E-state index in [4.69, 9.17) is 24.1 Å². The number of hydrogen-bond acceptors (Lipinski definition) is 5. The minimum atomic E-state index is -0.879. The average molecular weight is 326 g/mol. The molecule has 0 saturated carbocycles. The van der Waals surface area contributed by atoms with Gasteiger partial charge in [-0.1, -0.05) is 18.2 Å². The van der Waals surface area contributed by atoms with Gasteiger partial charge in [-0.3, -0.25) is 0 Å². The quantitative estimate of drug-likeness (QED) is 0.864. The summed E-state index contributed by atoms with van der Waals surface area (Å²) in [4.78, 5) is 10.2. The van der Waals surface area contributed by atoms with Crippen molar-refractivity contribution < 1.29 is 28.8 Å². The van der Waals surface area contributed by atoms with Crippen molar-refractivity contribution in [3.8, 4) is 0 Å². The third kappa shape index (κ3) is 7.09. The monoisotopic (exact) mass is 326 g/mol. The zero-order valence-electron chi connectivity index (χ0n) is 13.9. The molecular weight excluding hydrogens is 300 g/mol. The van der Waals surface area contributed by atoms with Crippen LogP contribution in [0.25, 0.3) is 0 Å². The predicted octanol–water partition coefficient (Wildman–Crippen LogP) is 2.23. The van der Waals surface area contributed by atoms with Gasteiger partial charge in [0.05, 0.1) is 31.0 Å². The van der Waals surface area contributed by atoms with Crippen molar-refractivity contribution in [2.75, 3.05) is 34.0 Å². The molecule has 1 aromatic carbocycles. The number of ether oxygens (including phenoxy) is 4. The van der Waals surface area contributed by atoms with Crippen LogP contribution in [0.4, 0.5) is 0 Å². The zero-order valence-corrected chi connectivity index (χ0v) is 13.9.